The van der Waals surface area contributed by atoms with Crippen LogP contribution in [0.1, 0.15) is 29.0 Å². The van der Waals surface area contributed by atoms with Crippen molar-refractivity contribution in [2.75, 3.05) is 6.61 Å². The molecule has 0 spiro atoms. The molecule has 1 aliphatic rings. The molecule has 32 heavy (non-hydrogen) atoms. The minimum absolute atomic E-state index is 0.0960. The van der Waals surface area contributed by atoms with Crippen molar-refractivity contribution in [3.8, 4) is 11.1 Å². The lowest BCUT2D eigenvalue weighted by molar-refractivity contribution is -0.140. The number of hydrogen-bond acceptors (Lipinski definition) is 4. The molecule has 0 aliphatic heterocycles. The Hall–Kier alpha value is -3.64. The van der Waals surface area contributed by atoms with Crippen LogP contribution in [0.15, 0.2) is 78.9 Å². The standard InChI is InChI=1S/C26H25NO5/c28-18(14-17-8-2-1-3-9-17)15-24(25(29)30)27-26(31)32-16-23-21-12-6-4-10-19(21)20-11-5-7-13-22(20)23/h1-13,18,23-24,28H,14-16H2,(H,27,31)(H,29,30)/t18?,24-/m0/s1. The molecule has 6 heteroatoms. The number of hydrogen-bond donors (Lipinski definition) is 3. The molecule has 1 unspecified atom stereocenters. The normalized spacial score (nSPS) is 14.2. The zero-order chi connectivity index (χ0) is 22.5. The van der Waals surface area contributed by atoms with E-state index in [-0.39, 0.29) is 18.9 Å². The Kier molecular flexibility index (Phi) is 6.52. The van der Waals surface area contributed by atoms with E-state index in [2.05, 4.69) is 5.32 Å². The molecule has 2 atom stereocenters. The van der Waals surface area contributed by atoms with Gasteiger partial charge in [0.25, 0.3) is 0 Å². The van der Waals surface area contributed by atoms with Gasteiger partial charge in [0.2, 0.25) is 0 Å². The lowest BCUT2D eigenvalue weighted by Gasteiger charge is -2.19. The van der Waals surface area contributed by atoms with Crippen LogP contribution in [0.3, 0.4) is 0 Å². The van der Waals surface area contributed by atoms with Crippen molar-refractivity contribution >= 4 is 12.1 Å². The first-order valence-corrected chi connectivity index (χ1v) is 10.6. The van der Waals surface area contributed by atoms with Gasteiger partial charge < -0.3 is 20.3 Å². The molecule has 0 heterocycles. The number of ether oxygens (including phenoxy) is 1. The molecule has 6 nitrogen and oxygen atoms in total. The third kappa shape index (κ3) is 4.81. The van der Waals surface area contributed by atoms with Gasteiger partial charge in [0, 0.05) is 12.3 Å². The summed E-state index contributed by atoms with van der Waals surface area (Å²) >= 11 is 0. The van der Waals surface area contributed by atoms with Crippen LogP contribution in [0, 0.1) is 0 Å². The van der Waals surface area contributed by atoms with E-state index in [0.29, 0.717) is 6.42 Å². The van der Waals surface area contributed by atoms with E-state index in [0.717, 1.165) is 27.8 Å². The molecule has 0 saturated heterocycles. The van der Waals surface area contributed by atoms with Crippen molar-refractivity contribution in [2.45, 2.75) is 30.9 Å². The van der Waals surface area contributed by atoms with Crippen molar-refractivity contribution in [1.29, 1.82) is 0 Å². The molecule has 0 saturated carbocycles. The number of carboxylic acid groups (broad SMARTS) is 1. The zero-order valence-electron chi connectivity index (χ0n) is 17.5. The number of carbonyl (C=O) groups is 2. The zero-order valence-corrected chi connectivity index (χ0v) is 17.5. The van der Waals surface area contributed by atoms with Crippen LogP contribution in [0.2, 0.25) is 0 Å². The van der Waals surface area contributed by atoms with Crippen molar-refractivity contribution in [2.24, 2.45) is 0 Å². The number of rotatable bonds is 8. The third-order valence-corrected chi connectivity index (χ3v) is 5.76. The van der Waals surface area contributed by atoms with Crippen LogP contribution in [-0.4, -0.2) is 41.0 Å². The van der Waals surface area contributed by atoms with Crippen LogP contribution in [0.4, 0.5) is 4.79 Å². The molecular weight excluding hydrogens is 406 g/mol. The molecular formula is C26H25NO5. The second-order valence-electron chi connectivity index (χ2n) is 7.94. The maximum absolute atomic E-state index is 12.4. The summed E-state index contributed by atoms with van der Waals surface area (Å²) < 4.78 is 5.43. The number of benzene rings is 3. The maximum Gasteiger partial charge on any atom is 0.407 e. The third-order valence-electron chi connectivity index (χ3n) is 5.76. The van der Waals surface area contributed by atoms with Gasteiger partial charge in [-0.15, -0.1) is 0 Å². The second kappa shape index (κ2) is 9.66. The van der Waals surface area contributed by atoms with E-state index < -0.39 is 24.2 Å². The fourth-order valence-electron chi connectivity index (χ4n) is 4.25. The molecule has 3 N–H and O–H groups in total. The number of nitrogens with one attached hydrogen (secondary N) is 1. The summed E-state index contributed by atoms with van der Waals surface area (Å²) in [7, 11) is 0. The summed E-state index contributed by atoms with van der Waals surface area (Å²) in [4.78, 5) is 24.0. The van der Waals surface area contributed by atoms with E-state index in [1.165, 1.54) is 0 Å². The first-order valence-electron chi connectivity index (χ1n) is 10.6. The SMILES string of the molecule is O=C(N[C@@H](CC(O)Cc1ccccc1)C(=O)O)OCC1c2ccccc2-c2ccccc21. The average Bonchev–Trinajstić information content (AvgIpc) is 3.11. The number of aliphatic hydroxyl groups excluding tert-OH is 1. The van der Waals surface area contributed by atoms with Crippen LogP contribution in [0.25, 0.3) is 11.1 Å². The Labute approximate surface area is 186 Å². The molecule has 0 radical (unpaired) electrons. The van der Waals surface area contributed by atoms with Crippen molar-refractivity contribution in [3.63, 3.8) is 0 Å². The highest BCUT2D eigenvalue weighted by molar-refractivity contribution is 5.81. The molecule has 0 aromatic heterocycles. The molecule has 3 aromatic rings. The van der Waals surface area contributed by atoms with Crippen LogP contribution < -0.4 is 5.32 Å². The fraction of sp³-hybridized carbons (Fsp3) is 0.231. The Bertz CT molecular complexity index is 1050. The summed E-state index contributed by atoms with van der Waals surface area (Å²) in [5.41, 5.74) is 5.28. The number of aliphatic hydroxyl groups is 1. The van der Waals surface area contributed by atoms with Crippen molar-refractivity contribution in [1.82, 2.24) is 5.32 Å². The lowest BCUT2D eigenvalue weighted by atomic mass is 9.98. The van der Waals surface area contributed by atoms with Crippen molar-refractivity contribution in [3.05, 3.63) is 95.6 Å². The van der Waals surface area contributed by atoms with Gasteiger partial charge in [-0.05, 0) is 34.2 Å². The van der Waals surface area contributed by atoms with Gasteiger partial charge >= 0.3 is 12.1 Å². The molecule has 0 bridgehead atoms. The molecule has 0 fully saturated rings. The number of amides is 1. The van der Waals surface area contributed by atoms with E-state index in [9.17, 15) is 19.8 Å². The monoisotopic (exact) mass is 431 g/mol. The van der Waals surface area contributed by atoms with Gasteiger partial charge in [-0.2, -0.15) is 0 Å². The lowest BCUT2D eigenvalue weighted by Crippen LogP contribution is -2.43. The number of alkyl carbamates (subject to hydrolysis) is 1. The summed E-state index contributed by atoms with van der Waals surface area (Å²) in [5.74, 6) is -1.33. The van der Waals surface area contributed by atoms with E-state index in [1.54, 1.807) is 0 Å². The highest BCUT2D eigenvalue weighted by atomic mass is 16.5. The van der Waals surface area contributed by atoms with Gasteiger partial charge in [-0.25, -0.2) is 9.59 Å². The topological polar surface area (TPSA) is 95.9 Å². The first kappa shape index (κ1) is 21.6. The van der Waals surface area contributed by atoms with E-state index in [1.807, 2.05) is 78.9 Å². The Morgan fingerprint density at radius 2 is 1.44 bits per heavy atom. The number of carbonyl (C=O) groups excluding carboxylic acids is 1. The highest BCUT2D eigenvalue weighted by Crippen LogP contribution is 2.44. The molecule has 3 aromatic carbocycles. The smallest absolute Gasteiger partial charge is 0.407 e. The predicted molar refractivity (Wildman–Crippen MR) is 120 cm³/mol. The van der Waals surface area contributed by atoms with Gasteiger partial charge in [0.1, 0.15) is 12.6 Å². The predicted octanol–water partition coefficient (Wildman–Crippen LogP) is 3.97. The Morgan fingerprint density at radius 3 is 2.03 bits per heavy atom. The minimum atomic E-state index is -1.25. The number of carboxylic acids is 1. The Balaban J connectivity index is 1.37. The number of fused-ring (bicyclic) bond motifs is 3. The molecule has 164 valence electrons. The maximum atomic E-state index is 12.4. The van der Waals surface area contributed by atoms with Crippen LogP contribution >= 0.6 is 0 Å². The van der Waals surface area contributed by atoms with E-state index in [4.69, 9.17) is 4.74 Å². The largest absolute Gasteiger partial charge is 0.480 e. The first-order chi connectivity index (χ1) is 15.5. The second-order valence-corrected chi connectivity index (χ2v) is 7.94. The summed E-state index contributed by atoms with van der Waals surface area (Å²) in [6, 6.07) is 24.0. The number of aliphatic carboxylic acids is 1. The molecule has 4 rings (SSSR count). The van der Waals surface area contributed by atoms with Crippen molar-refractivity contribution < 1.29 is 24.5 Å². The summed E-state index contributed by atoms with van der Waals surface area (Å²) in [5, 5.41) is 22.2. The molecule has 1 aliphatic carbocycles. The summed E-state index contributed by atoms with van der Waals surface area (Å²) in [6.45, 7) is 0.0960. The summed E-state index contributed by atoms with van der Waals surface area (Å²) in [6.07, 6.45) is -1.54. The van der Waals surface area contributed by atoms with Gasteiger partial charge in [-0.1, -0.05) is 78.9 Å². The fourth-order valence-corrected chi connectivity index (χ4v) is 4.25. The van der Waals surface area contributed by atoms with Gasteiger partial charge in [0.05, 0.1) is 6.10 Å². The van der Waals surface area contributed by atoms with Gasteiger partial charge in [0.15, 0.2) is 0 Å². The minimum Gasteiger partial charge on any atom is -0.480 e. The quantitative estimate of drug-likeness (QED) is 0.502. The average molecular weight is 431 g/mol. The van der Waals surface area contributed by atoms with Crippen LogP contribution in [0.5, 0.6) is 0 Å². The Morgan fingerprint density at radius 1 is 0.875 bits per heavy atom. The van der Waals surface area contributed by atoms with E-state index >= 15 is 0 Å². The highest BCUT2D eigenvalue weighted by Gasteiger charge is 2.30. The molecule has 1 amide bonds. The van der Waals surface area contributed by atoms with Gasteiger partial charge in [-0.3, -0.25) is 0 Å². The van der Waals surface area contributed by atoms with Crippen LogP contribution in [-0.2, 0) is 16.0 Å².